The number of Topliss-reactive ketones (excluding diaryl/α,β-unsaturated/α-hetero) is 1. The van der Waals surface area contributed by atoms with Crippen LogP contribution in [0.1, 0.15) is 49.7 Å². The van der Waals surface area contributed by atoms with E-state index in [2.05, 4.69) is 15.6 Å². The van der Waals surface area contributed by atoms with Crippen molar-refractivity contribution < 1.29 is 37.5 Å². The molecule has 2 amide bonds. The standard InChI is InChI=1S/C36H42N4O8S/c1-5-25(3)48-40(49(45,46)29-18-16-28(47-4)17-19-29)23-34(42)32(22-26-11-7-6-8-12-26)38-36(44)33(21-24(2)41)39-35(43)31-20-15-27-13-9-10-14-30(27)37-31/h6-20,25,32-34,42H,5,21-23H2,1-4H3,(H,38,44)(H,39,43)/t25?,32-,33?,34+/m0/s1. The number of aromatic nitrogens is 1. The highest BCUT2D eigenvalue weighted by Gasteiger charge is 2.34. The van der Waals surface area contributed by atoms with Gasteiger partial charge in [0.1, 0.15) is 23.3 Å². The molecule has 0 bridgehead atoms. The number of nitrogens with zero attached hydrogens (tertiary/aromatic N) is 2. The Morgan fingerprint density at radius 3 is 2.24 bits per heavy atom. The van der Waals surface area contributed by atoms with Gasteiger partial charge in [0.05, 0.1) is 42.3 Å². The normalized spacial score (nSPS) is 14.1. The van der Waals surface area contributed by atoms with Gasteiger partial charge in [0.2, 0.25) is 5.91 Å². The summed E-state index contributed by atoms with van der Waals surface area (Å²) in [5.41, 5.74) is 1.39. The number of aliphatic hydroxyl groups excluding tert-OH is 1. The van der Waals surface area contributed by atoms with Crippen molar-refractivity contribution in [2.45, 2.75) is 69.2 Å². The quantitative estimate of drug-likeness (QED) is 0.140. The van der Waals surface area contributed by atoms with Gasteiger partial charge in [-0.1, -0.05) is 66.0 Å². The molecular weight excluding hydrogens is 648 g/mol. The second kappa shape index (κ2) is 17.1. The molecule has 12 nitrogen and oxygen atoms in total. The zero-order valence-corrected chi connectivity index (χ0v) is 28.7. The third kappa shape index (κ3) is 10.2. The number of aliphatic hydroxyl groups is 1. The van der Waals surface area contributed by atoms with Crippen molar-refractivity contribution in [3.05, 3.63) is 102 Å². The molecule has 1 heterocycles. The summed E-state index contributed by atoms with van der Waals surface area (Å²) in [6, 6.07) is 22.9. The highest BCUT2D eigenvalue weighted by molar-refractivity contribution is 7.89. The van der Waals surface area contributed by atoms with Crippen LogP contribution in [0.5, 0.6) is 5.75 Å². The van der Waals surface area contributed by atoms with Crippen molar-refractivity contribution in [1.29, 1.82) is 0 Å². The van der Waals surface area contributed by atoms with E-state index in [-0.39, 0.29) is 29.2 Å². The molecule has 1 aromatic heterocycles. The molecule has 0 aliphatic carbocycles. The lowest BCUT2D eigenvalue weighted by Crippen LogP contribution is -2.56. The number of ether oxygens (including phenoxy) is 1. The highest BCUT2D eigenvalue weighted by Crippen LogP contribution is 2.22. The number of benzene rings is 3. The van der Waals surface area contributed by atoms with E-state index in [0.717, 1.165) is 15.4 Å². The zero-order valence-electron chi connectivity index (χ0n) is 27.9. The minimum atomic E-state index is -4.28. The lowest BCUT2D eigenvalue weighted by atomic mass is 10.00. The summed E-state index contributed by atoms with van der Waals surface area (Å²) in [5, 5.41) is 17.8. The molecule has 3 N–H and O–H groups in total. The molecule has 0 spiro atoms. The molecule has 4 atom stereocenters. The first-order valence-corrected chi connectivity index (χ1v) is 17.4. The van der Waals surface area contributed by atoms with Crippen LogP contribution in [0.4, 0.5) is 0 Å². The van der Waals surface area contributed by atoms with Crippen LogP contribution in [-0.4, -0.2) is 78.5 Å². The Morgan fingerprint density at radius 2 is 1.59 bits per heavy atom. The summed E-state index contributed by atoms with van der Waals surface area (Å²) in [4.78, 5) is 49.4. The maximum absolute atomic E-state index is 13.8. The number of ketones is 1. The predicted octanol–water partition coefficient (Wildman–Crippen LogP) is 3.83. The smallest absolute Gasteiger partial charge is 0.270 e. The average Bonchev–Trinajstić information content (AvgIpc) is 3.10. The topological polar surface area (TPSA) is 164 Å². The van der Waals surface area contributed by atoms with Gasteiger partial charge in [-0.15, -0.1) is 0 Å². The van der Waals surface area contributed by atoms with Crippen LogP contribution in [-0.2, 0) is 30.9 Å². The van der Waals surface area contributed by atoms with E-state index in [1.807, 2.05) is 25.1 Å². The molecule has 0 fully saturated rings. The number of hydrogen-bond donors (Lipinski definition) is 3. The predicted molar refractivity (Wildman–Crippen MR) is 184 cm³/mol. The van der Waals surface area contributed by atoms with Gasteiger partial charge in [-0.2, -0.15) is 0 Å². The molecule has 0 aliphatic heterocycles. The first kappa shape index (κ1) is 37.1. The van der Waals surface area contributed by atoms with Crippen molar-refractivity contribution in [3.63, 3.8) is 0 Å². The summed E-state index contributed by atoms with van der Waals surface area (Å²) in [7, 11) is -2.82. The minimum absolute atomic E-state index is 0.0579. The second-order valence-electron chi connectivity index (χ2n) is 11.7. The Kier molecular flexibility index (Phi) is 13.0. The van der Waals surface area contributed by atoms with E-state index in [1.165, 1.54) is 44.4 Å². The number of pyridine rings is 1. The molecule has 4 rings (SSSR count). The fraction of sp³-hybridized carbons (Fsp3) is 0.333. The Labute approximate surface area is 286 Å². The number of carbonyl (C=O) groups is 3. The number of amides is 2. The lowest BCUT2D eigenvalue weighted by molar-refractivity contribution is -0.144. The molecule has 260 valence electrons. The van der Waals surface area contributed by atoms with Gasteiger partial charge in [-0.3, -0.25) is 19.2 Å². The fourth-order valence-electron chi connectivity index (χ4n) is 4.97. The van der Waals surface area contributed by atoms with Gasteiger partial charge < -0.3 is 20.5 Å². The van der Waals surface area contributed by atoms with Crippen LogP contribution >= 0.6 is 0 Å². The molecule has 0 aliphatic rings. The van der Waals surface area contributed by atoms with E-state index in [0.29, 0.717) is 17.7 Å². The summed E-state index contributed by atoms with van der Waals surface area (Å²) in [5.74, 6) is -1.30. The van der Waals surface area contributed by atoms with Gasteiger partial charge >= 0.3 is 0 Å². The number of hydroxylamine groups is 1. The fourth-order valence-corrected chi connectivity index (χ4v) is 6.30. The Balaban J connectivity index is 1.60. The summed E-state index contributed by atoms with van der Waals surface area (Å²) >= 11 is 0. The Morgan fingerprint density at radius 1 is 0.918 bits per heavy atom. The number of fused-ring (bicyclic) bond motifs is 1. The van der Waals surface area contributed by atoms with Gasteiger partial charge in [-0.05, 0) is 68.7 Å². The highest BCUT2D eigenvalue weighted by atomic mass is 32.2. The number of para-hydroxylation sites is 1. The van der Waals surface area contributed by atoms with E-state index < -0.39 is 52.7 Å². The van der Waals surface area contributed by atoms with Crippen LogP contribution in [0.3, 0.4) is 0 Å². The number of methoxy groups -OCH3 is 1. The van der Waals surface area contributed by atoms with Gasteiger partial charge in [0.25, 0.3) is 15.9 Å². The van der Waals surface area contributed by atoms with Crippen LogP contribution in [0.15, 0.2) is 95.9 Å². The van der Waals surface area contributed by atoms with Crippen LogP contribution in [0, 0.1) is 0 Å². The molecule has 2 unspecified atom stereocenters. The lowest BCUT2D eigenvalue weighted by Gasteiger charge is -2.31. The molecule has 0 saturated carbocycles. The SMILES string of the molecule is CCC(C)ON(C[C@@H](O)[C@H](Cc1ccccc1)NC(=O)C(CC(C)=O)NC(=O)c1ccc2ccccc2n1)S(=O)(=O)c1ccc(OC)cc1. The van der Waals surface area contributed by atoms with Gasteiger partial charge in [0.15, 0.2) is 0 Å². The maximum Gasteiger partial charge on any atom is 0.270 e. The Hall–Kier alpha value is -4.69. The number of carbonyl (C=O) groups excluding carboxylic acids is 3. The number of nitrogens with one attached hydrogen (secondary N) is 2. The third-order valence-corrected chi connectivity index (χ3v) is 9.51. The van der Waals surface area contributed by atoms with Gasteiger partial charge in [0, 0.05) is 11.8 Å². The molecule has 3 aromatic carbocycles. The average molecular weight is 691 g/mol. The number of hydrogen-bond acceptors (Lipinski definition) is 9. The summed E-state index contributed by atoms with van der Waals surface area (Å²) in [6.45, 7) is 4.28. The van der Waals surface area contributed by atoms with E-state index in [4.69, 9.17) is 9.57 Å². The second-order valence-corrected chi connectivity index (χ2v) is 13.5. The monoisotopic (exact) mass is 690 g/mol. The molecule has 49 heavy (non-hydrogen) atoms. The van der Waals surface area contributed by atoms with Crippen LogP contribution in [0.25, 0.3) is 10.9 Å². The van der Waals surface area contributed by atoms with Crippen LogP contribution in [0.2, 0.25) is 0 Å². The minimum Gasteiger partial charge on any atom is -0.497 e. The summed E-state index contributed by atoms with van der Waals surface area (Å²) in [6.07, 6.45) is -1.76. The van der Waals surface area contributed by atoms with Gasteiger partial charge in [-0.25, -0.2) is 13.4 Å². The Bertz CT molecular complexity index is 1840. The molecule has 0 saturated heterocycles. The molecule has 13 heteroatoms. The number of rotatable bonds is 17. The van der Waals surface area contributed by atoms with Crippen molar-refractivity contribution in [3.8, 4) is 5.75 Å². The molecule has 4 aromatic rings. The molecular formula is C36H42N4O8S. The first-order chi connectivity index (χ1) is 23.4. The zero-order chi connectivity index (χ0) is 35.6. The van der Waals surface area contributed by atoms with Crippen molar-refractivity contribution in [1.82, 2.24) is 20.1 Å². The van der Waals surface area contributed by atoms with Crippen molar-refractivity contribution >= 4 is 38.5 Å². The van der Waals surface area contributed by atoms with E-state index >= 15 is 0 Å². The van der Waals surface area contributed by atoms with Crippen molar-refractivity contribution in [2.75, 3.05) is 13.7 Å². The van der Waals surface area contributed by atoms with E-state index in [9.17, 15) is 27.9 Å². The largest absolute Gasteiger partial charge is 0.497 e. The van der Waals surface area contributed by atoms with Crippen LogP contribution < -0.4 is 15.4 Å². The van der Waals surface area contributed by atoms with E-state index in [1.54, 1.807) is 49.4 Å². The molecule has 0 radical (unpaired) electrons. The van der Waals surface area contributed by atoms with Crippen molar-refractivity contribution in [2.24, 2.45) is 0 Å². The summed E-state index contributed by atoms with van der Waals surface area (Å²) < 4.78 is 33.4. The number of sulfonamides is 1. The third-order valence-electron chi connectivity index (χ3n) is 7.87. The maximum atomic E-state index is 13.8. The first-order valence-electron chi connectivity index (χ1n) is 15.9.